The first-order chi connectivity index (χ1) is 8.90. The van der Waals surface area contributed by atoms with Crippen LogP contribution < -0.4 is 4.74 Å². The Hall–Kier alpha value is -2.20. The first kappa shape index (κ1) is 12.3. The minimum Gasteiger partial charge on any atom is -0.481 e. The largest absolute Gasteiger partial charge is 0.481 e. The van der Waals surface area contributed by atoms with Crippen molar-refractivity contribution in [3.8, 4) is 17.6 Å². The average Bonchev–Trinajstić information content (AvgIpc) is 2.45. The lowest BCUT2D eigenvalue weighted by Gasteiger charge is -2.06. The summed E-state index contributed by atoms with van der Waals surface area (Å²) < 4.78 is 5.68. The van der Waals surface area contributed by atoms with E-state index in [9.17, 15) is 0 Å². The SMILES string of the molecule is CCc1ccccc1OCC#Cc1ccccc1. The van der Waals surface area contributed by atoms with Gasteiger partial charge >= 0.3 is 0 Å². The number of para-hydroxylation sites is 1. The molecule has 0 saturated heterocycles. The van der Waals surface area contributed by atoms with Crippen molar-refractivity contribution in [2.75, 3.05) is 6.61 Å². The van der Waals surface area contributed by atoms with Gasteiger partial charge in [-0.2, -0.15) is 0 Å². The predicted octanol–water partition coefficient (Wildman–Crippen LogP) is 3.68. The third kappa shape index (κ3) is 3.40. The van der Waals surface area contributed by atoms with Crippen LogP contribution >= 0.6 is 0 Å². The van der Waals surface area contributed by atoms with E-state index in [1.165, 1.54) is 5.56 Å². The van der Waals surface area contributed by atoms with Crippen LogP contribution in [0.5, 0.6) is 5.75 Å². The summed E-state index contributed by atoms with van der Waals surface area (Å²) in [5.41, 5.74) is 2.24. The number of hydrogen-bond acceptors (Lipinski definition) is 1. The van der Waals surface area contributed by atoms with Gasteiger partial charge in [0, 0.05) is 5.56 Å². The minimum atomic E-state index is 0.423. The third-order valence-electron chi connectivity index (χ3n) is 2.66. The molecule has 0 aliphatic rings. The Bertz CT molecular complexity index is 547. The van der Waals surface area contributed by atoms with Gasteiger partial charge in [0.25, 0.3) is 0 Å². The highest BCUT2D eigenvalue weighted by Crippen LogP contribution is 2.17. The predicted molar refractivity (Wildman–Crippen MR) is 74.6 cm³/mol. The summed E-state index contributed by atoms with van der Waals surface area (Å²) in [6, 6.07) is 18.0. The van der Waals surface area contributed by atoms with Gasteiger partial charge < -0.3 is 4.74 Å². The molecule has 0 unspecified atom stereocenters. The molecular formula is C17H16O. The van der Waals surface area contributed by atoms with Gasteiger partial charge in [-0.15, -0.1) is 0 Å². The van der Waals surface area contributed by atoms with Gasteiger partial charge in [0.1, 0.15) is 12.4 Å². The van der Waals surface area contributed by atoms with E-state index >= 15 is 0 Å². The van der Waals surface area contributed by atoms with E-state index in [0.717, 1.165) is 17.7 Å². The molecule has 18 heavy (non-hydrogen) atoms. The molecule has 0 N–H and O–H groups in total. The van der Waals surface area contributed by atoms with Crippen LogP contribution in [0.25, 0.3) is 0 Å². The quantitative estimate of drug-likeness (QED) is 0.739. The normalized spacial score (nSPS) is 9.39. The molecule has 0 fully saturated rings. The molecule has 0 radical (unpaired) electrons. The zero-order valence-corrected chi connectivity index (χ0v) is 10.5. The Morgan fingerprint density at radius 1 is 0.944 bits per heavy atom. The smallest absolute Gasteiger partial charge is 0.149 e. The second-order valence-electron chi connectivity index (χ2n) is 3.92. The van der Waals surface area contributed by atoms with E-state index < -0.39 is 0 Å². The highest BCUT2D eigenvalue weighted by molar-refractivity contribution is 5.35. The standard InChI is InChI=1S/C17H16O/c1-2-16-12-6-7-13-17(16)18-14-8-11-15-9-4-3-5-10-15/h3-7,9-10,12-13H,2,14H2,1H3. The number of ether oxygens (including phenoxy) is 1. The van der Waals surface area contributed by atoms with Crippen LogP contribution in [0.3, 0.4) is 0 Å². The second kappa shape index (κ2) is 6.51. The first-order valence-electron chi connectivity index (χ1n) is 6.15. The zero-order chi connectivity index (χ0) is 12.6. The monoisotopic (exact) mass is 236 g/mol. The molecule has 90 valence electrons. The third-order valence-corrected chi connectivity index (χ3v) is 2.66. The summed E-state index contributed by atoms with van der Waals surface area (Å²) in [5.74, 6) is 7.04. The summed E-state index contributed by atoms with van der Waals surface area (Å²) in [6.45, 7) is 2.55. The van der Waals surface area contributed by atoms with E-state index in [0.29, 0.717) is 6.61 Å². The molecule has 1 heteroatoms. The van der Waals surface area contributed by atoms with Crippen LogP contribution in [0.1, 0.15) is 18.1 Å². The van der Waals surface area contributed by atoms with Crippen molar-refractivity contribution in [2.24, 2.45) is 0 Å². The molecule has 2 rings (SSSR count). The fourth-order valence-corrected chi connectivity index (χ4v) is 1.71. The fourth-order valence-electron chi connectivity index (χ4n) is 1.71. The van der Waals surface area contributed by atoms with Gasteiger partial charge in [0.05, 0.1) is 0 Å². The van der Waals surface area contributed by atoms with Gasteiger partial charge in [0.2, 0.25) is 0 Å². The van der Waals surface area contributed by atoms with E-state index in [2.05, 4.69) is 24.8 Å². The lowest BCUT2D eigenvalue weighted by molar-refractivity contribution is 0.366. The molecule has 1 nitrogen and oxygen atoms in total. The summed E-state index contributed by atoms with van der Waals surface area (Å²) in [6.07, 6.45) is 0.974. The molecular weight excluding hydrogens is 220 g/mol. The fraction of sp³-hybridized carbons (Fsp3) is 0.176. The Morgan fingerprint density at radius 3 is 2.44 bits per heavy atom. The molecule has 2 aromatic carbocycles. The maximum Gasteiger partial charge on any atom is 0.149 e. The minimum absolute atomic E-state index is 0.423. The molecule has 0 aliphatic carbocycles. The highest BCUT2D eigenvalue weighted by Gasteiger charge is 1.98. The van der Waals surface area contributed by atoms with Gasteiger partial charge in [-0.05, 0) is 30.2 Å². The van der Waals surface area contributed by atoms with E-state index in [1.807, 2.05) is 48.5 Å². The second-order valence-corrected chi connectivity index (χ2v) is 3.92. The van der Waals surface area contributed by atoms with Crippen LogP contribution in [0.15, 0.2) is 54.6 Å². The highest BCUT2D eigenvalue weighted by atomic mass is 16.5. The molecule has 2 aromatic rings. The molecule has 0 bridgehead atoms. The lowest BCUT2D eigenvalue weighted by atomic mass is 10.1. The van der Waals surface area contributed by atoms with E-state index in [4.69, 9.17) is 4.74 Å². The van der Waals surface area contributed by atoms with Crippen molar-refractivity contribution in [3.63, 3.8) is 0 Å². The molecule has 0 amide bonds. The Balaban J connectivity index is 1.95. The van der Waals surface area contributed by atoms with Gasteiger partial charge in [-0.1, -0.05) is 55.2 Å². The van der Waals surface area contributed by atoms with Crippen LogP contribution in [-0.2, 0) is 6.42 Å². The van der Waals surface area contributed by atoms with Crippen LogP contribution in [0.4, 0.5) is 0 Å². The van der Waals surface area contributed by atoms with Crippen LogP contribution in [0, 0.1) is 11.8 Å². The van der Waals surface area contributed by atoms with Crippen LogP contribution in [-0.4, -0.2) is 6.61 Å². The number of aryl methyl sites for hydroxylation is 1. The number of hydrogen-bond donors (Lipinski definition) is 0. The van der Waals surface area contributed by atoms with Crippen molar-refractivity contribution < 1.29 is 4.74 Å². The molecule has 0 aliphatic heterocycles. The van der Waals surface area contributed by atoms with Crippen molar-refractivity contribution >= 4 is 0 Å². The zero-order valence-electron chi connectivity index (χ0n) is 10.5. The van der Waals surface area contributed by atoms with Crippen molar-refractivity contribution in [2.45, 2.75) is 13.3 Å². The first-order valence-corrected chi connectivity index (χ1v) is 6.15. The van der Waals surface area contributed by atoms with Crippen molar-refractivity contribution in [3.05, 3.63) is 65.7 Å². The summed E-state index contributed by atoms with van der Waals surface area (Å²) in [5, 5.41) is 0. The molecule has 0 spiro atoms. The van der Waals surface area contributed by atoms with Gasteiger partial charge in [0.15, 0.2) is 0 Å². The van der Waals surface area contributed by atoms with E-state index in [-0.39, 0.29) is 0 Å². The summed E-state index contributed by atoms with van der Waals surface area (Å²) in [7, 11) is 0. The maximum absolute atomic E-state index is 5.68. The Labute approximate surface area is 108 Å². The Morgan fingerprint density at radius 2 is 1.67 bits per heavy atom. The summed E-state index contributed by atoms with van der Waals surface area (Å²) >= 11 is 0. The number of benzene rings is 2. The molecule has 0 heterocycles. The molecule has 0 aromatic heterocycles. The van der Waals surface area contributed by atoms with E-state index in [1.54, 1.807) is 0 Å². The average molecular weight is 236 g/mol. The maximum atomic E-state index is 5.68. The topological polar surface area (TPSA) is 9.23 Å². The van der Waals surface area contributed by atoms with Crippen molar-refractivity contribution in [1.29, 1.82) is 0 Å². The molecule has 0 saturated carbocycles. The Kier molecular flexibility index (Phi) is 4.44. The lowest BCUT2D eigenvalue weighted by Crippen LogP contribution is -1.97. The van der Waals surface area contributed by atoms with Crippen LogP contribution in [0.2, 0.25) is 0 Å². The number of rotatable bonds is 3. The molecule has 0 atom stereocenters. The van der Waals surface area contributed by atoms with Crippen molar-refractivity contribution in [1.82, 2.24) is 0 Å². The van der Waals surface area contributed by atoms with Gasteiger partial charge in [-0.3, -0.25) is 0 Å². The summed E-state index contributed by atoms with van der Waals surface area (Å²) in [4.78, 5) is 0. The van der Waals surface area contributed by atoms with Gasteiger partial charge in [-0.25, -0.2) is 0 Å².